The van der Waals surface area contributed by atoms with Crippen molar-refractivity contribution in [2.45, 2.75) is 31.5 Å². The number of rotatable bonds is 2. The van der Waals surface area contributed by atoms with Crippen LogP contribution >= 0.6 is 12.4 Å². The maximum atomic E-state index is 12.1. The van der Waals surface area contributed by atoms with E-state index in [0.717, 1.165) is 19.3 Å². The highest BCUT2D eigenvalue weighted by Crippen LogP contribution is 2.16. The number of hydrogen-bond donors (Lipinski definition) is 1. The summed E-state index contributed by atoms with van der Waals surface area (Å²) in [5.74, 6) is 0.112. The number of hydrogen-bond acceptors (Lipinski definition) is 4. The molecule has 2 heterocycles. The monoisotopic (exact) mass is 264 g/mol. The highest BCUT2D eigenvalue weighted by Gasteiger charge is 2.30. The molecule has 0 radical (unpaired) electrons. The van der Waals surface area contributed by atoms with E-state index in [9.17, 15) is 4.79 Å². The van der Waals surface area contributed by atoms with Gasteiger partial charge in [0, 0.05) is 26.2 Å². The van der Waals surface area contributed by atoms with Gasteiger partial charge in [0.05, 0.1) is 12.7 Å². The Morgan fingerprint density at radius 2 is 2.12 bits per heavy atom. The Kier molecular flexibility index (Phi) is 6.19. The molecule has 0 bridgehead atoms. The Labute approximate surface area is 108 Å². The molecule has 5 nitrogen and oxygen atoms in total. The summed E-state index contributed by atoms with van der Waals surface area (Å²) < 4.78 is 10.9. The van der Waals surface area contributed by atoms with Crippen molar-refractivity contribution in [1.29, 1.82) is 0 Å². The molecule has 0 saturated carbocycles. The van der Waals surface area contributed by atoms with Crippen LogP contribution in [0.3, 0.4) is 0 Å². The van der Waals surface area contributed by atoms with Crippen molar-refractivity contribution >= 4 is 18.3 Å². The number of carbonyl (C=O) groups excluding carboxylic acids is 1. The molecule has 0 aromatic heterocycles. The summed E-state index contributed by atoms with van der Waals surface area (Å²) >= 11 is 0. The van der Waals surface area contributed by atoms with Gasteiger partial charge in [-0.15, -0.1) is 12.4 Å². The van der Waals surface area contributed by atoms with E-state index >= 15 is 0 Å². The molecule has 2 rings (SSSR count). The van der Waals surface area contributed by atoms with E-state index in [1.54, 1.807) is 0 Å². The molecule has 2 fully saturated rings. The third kappa shape index (κ3) is 3.81. The average molecular weight is 265 g/mol. The van der Waals surface area contributed by atoms with Gasteiger partial charge in [-0.25, -0.2) is 0 Å². The first kappa shape index (κ1) is 14.7. The van der Waals surface area contributed by atoms with Gasteiger partial charge >= 0.3 is 0 Å². The van der Waals surface area contributed by atoms with E-state index in [4.69, 9.17) is 15.2 Å². The van der Waals surface area contributed by atoms with E-state index < -0.39 is 0 Å². The van der Waals surface area contributed by atoms with Gasteiger partial charge in [0.15, 0.2) is 0 Å². The van der Waals surface area contributed by atoms with E-state index in [1.165, 1.54) is 0 Å². The van der Waals surface area contributed by atoms with Gasteiger partial charge in [0.25, 0.3) is 5.91 Å². The number of morpholine rings is 1. The standard InChI is InChI=1S/C11H20N2O3.ClH/c12-7-9-8-13(4-6-15-9)11(14)10-3-1-2-5-16-10;/h9-10H,1-8,12H2;1H. The summed E-state index contributed by atoms with van der Waals surface area (Å²) in [5.41, 5.74) is 5.55. The quantitative estimate of drug-likeness (QED) is 0.772. The van der Waals surface area contributed by atoms with Crippen LogP contribution in [0.2, 0.25) is 0 Å². The first-order valence-corrected chi connectivity index (χ1v) is 6.03. The molecule has 17 heavy (non-hydrogen) atoms. The smallest absolute Gasteiger partial charge is 0.251 e. The molecule has 0 aromatic carbocycles. The first-order chi connectivity index (χ1) is 7.81. The van der Waals surface area contributed by atoms with Crippen molar-refractivity contribution in [2.75, 3.05) is 32.8 Å². The predicted octanol–water partition coefficient (Wildman–Crippen LogP) is 0.163. The molecular weight excluding hydrogens is 244 g/mol. The number of halogens is 1. The molecular formula is C11H21ClN2O3. The van der Waals surface area contributed by atoms with Gasteiger partial charge in [0.1, 0.15) is 6.10 Å². The lowest BCUT2D eigenvalue weighted by atomic mass is 10.1. The van der Waals surface area contributed by atoms with E-state index in [0.29, 0.717) is 32.8 Å². The van der Waals surface area contributed by atoms with E-state index in [2.05, 4.69) is 0 Å². The molecule has 1 amide bonds. The zero-order valence-corrected chi connectivity index (χ0v) is 10.8. The number of ether oxygens (including phenoxy) is 2. The SMILES string of the molecule is Cl.NCC1CN(C(=O)C2CCCCO2)CCO1. The van der Waals surface area contributed by atoms with Crippen LogP contribution in [0.5, 0.6) is 0 Å². The van der Waals surface area contributed by atoms with Crippen LogP contribution in [0, 0.1) is 0 Å². The fourth-order valence-electron chi connectivity index (χ4n) is 2.20. The normalized spacial score (nSPS) is 29.6. The number of nitrogens with two attached hydrogens (primary N) is 1. The fourth-order valence-corrected chi connectivity index (χ4v) is 2.20. The predicted molar refractivity (Wildman–Crippen MR) is 66.2 cm³/mol. The van der Waals surface area contributed by atoms with Crippen LogP contribution in [0.1, 0.15) is 19.3 Å². The molecule has 0 aliphatic carbocycles. The summed E-state index contributed by atoms with van der Waals surface area (Å²) in [5, 5.41) is 0. The van der Waals surface area contributed by atoms with Crippen LogP contribution in [-0.4, -0.2) is 55.9 Å². The molecule has 2 atom stereocenters. The Balaban J connectivity index is 0.00000144. The summed E-state index contributed by atoms with van der Waals surface area (Å²) in [6.45, 7) is 3.03. The lowest BCUT2D eigenvalue weighted by molar-refractivity contribution is -0.153. The zero-order valence-electron chi connectivity index (χ0n) is 9.97. The molecule has 2 N–H and O–H groups in total. The van der Waals surface area contributed by atoms with Crippen molar-refractivity contribution in [1.82, 2.24) is 4.90 Å². The number of carbonyl (C=O) groups is 1. The molecule has 0 spiro atoms. The van der Waals surface area contributed by atoms with Crippen molar-refractivity contribution in [3.05, 3.63) is 0 Å². The average Bonchev–Trinajstić information content (AvgIpc) is 2.39. The summed E-state index contributed by atoms with van der Waals surface area (Å²) in [6.07, 6.45) is 2.76. The molecule has 2 saturated heterocycles. The van der Waals surface area contributed by atoms with Crippen LogP contribution in [0.25, 0.3) is 0 Å². The van der Waals surface area contributed by atoms with E-state index in [-0.39, 0.29) is 30.5 Å². The van der Waals surface area contributed by atoms with Gasteiger partial charge in [-0.1, -0.05) is 0 Å². The van der Waals surface area contributed by atoms with Gasteiger partial charge in [-0.2, -0.15) is 0 Å². The first-order valence-electron chi connectivity index (χ1n) is 6.03. The maximum absolute atomic E-state index is 12.1. The second-order valence-corrected chi connectivity index (χ2v) is 4.37. The van der Waals surface area contributed by atoms with Crippen molar-refractivity contribution in [3.63, 3.8) is 0 Å². The van der Waals surface area contributed by atoms with Crippen molar-refractivity contribution in [3.8, 4) is 0 Å². The van der Waals surface area contributed by atoms with Gasteiger partial charge in [-0.05, 0) is 19.3 Å². The fraction of sp³-hybridized carbons (Fsp3) is 0.909. The molecule has 6 heteroatoms. The third-order valence-electron chi connectivity index (χ3n) is 3.17. The third-order valence-corrected chi connectivity index (χ3v) is 3.17. The Bertz CT molecular complexity index is 247. The van der Waals surface area contributed by atoms with Crippen LogP contribution < -0.4 is 5.73 Å². The van der Waals surface area contributed by atoms with Gasteiger partial charge < -0.3 is 20.1 Å². The highest BCUT2D eigenvalue weighted by molar-refractivity contribution is 5.85. The Hall–Kier alpha value is -0.360. The van der Waals surface area contributed by atoms with E-state index in [1.807, 2.05) is 4.90 Å². The Morgan fingerprint density at radius 3 is 2.76 bits per heavy atom. The number of amides is 1. The zero-order chi connectivity index (χ0) is 11.4. The highest BCUT2D eigenvalue weighted by atomic mass is 35.5. The van der Waals surface area contributed by atoms with Crippen molar-refractivity contribution < 1.29 is 14.3 Å². The van der Waals surface area contributed by atoms with Crippen molar-refractivity contribution in [2.24, 2.45) is 5.73 Å². The topological polar surface area (TPSA) is 64.8 Å². The second-order valence-electron chi connectivity index (χ2n) is 4.37. The van der Waals surface area contributed by atoms with Crippen LogP contribution in [0.4, 0.5) is 0 Å². The minimum atomic E-state index is -0.231. The largest absolute Gasteiger partial charge is 0.373 e. The summed E-state index contributed by atoms with van der Waals surface area (Å²) in [6, 6.07) is 0. The second kappa shape index (κ2) is 7.16. The lowest BCUT2D eigenvalue weighted by Crippen LogP contribution is -2.51. The molecule has 100 valence electrons. The van der Waals surface area contributed by atoms with Gasteiger partial charge in [-0.3, -0.25) is 4.79 Å². The maximum Gasteiger partial charge on any atom is 0.251 e. The Morgan fingerprint density at radius 1 is 1.29 bits per heavy atom. The molecule has 2 aliphatic rings. The van der Waals surface area contributed by atoms with Gasteiger partial charge in [0.2, 0.25) is 0 Å². The molecule has 2 unspecified atom stereocenters. The minimum Gasteiger partial charge on any atom is -0.373 e. The van der Waals surface area contributed by atoms with Crippen LogP contribution in [-0.2, 0) is 14.3 Å². The summed E-state index contributed by atoms with van der Waals surface area (Å²) in [4.78, 5) is 13.9. The lowest BCUT2D eigenvalue weighted by Gasteiger charge is -2.35. The minimum absolute atomic E-state index is 0. The molecule has 0 aromatic rings. The molecule has 2 aliphatic heterocycles. The summed E-state index contributed by atoms with van der Waals surface area (Å²) in [7, 11) is 0. The van der Waals surface area contributed by atoms with Crippen LogP contribution in [0.15, 0.2) is 0 Å². The number of nitrogens with zero attached hydrogens (tertiary/aromatic N) is 1.